The molecule has 0 spiro atoms. The minimum atomic E-state index is -4.97. The van der Waals surface area contributed by atoms with Crippen LogP contribution in [0.25, 0.3) is 0 Å². The Kier molecular flexibility index (Phi) is 6.41. The minimum Gasteiger partial charge on any atom is -0.480 e. The molecule has 8 atom stereocenters. The van der Waals surface area contributed by atoms with Crippen LogP contribution >= 0.6 is 7.82 Å². The van der Waals surface area contributed by atoms with Gasteiger partial charge in [-0.3, -0.25) is 13.8 Å². The first kappa shape index (κ1) is 19.4. The van der Waals surface area contributed by atoms with Gasteiger partial charge in [0.2, 0.25) is 0 Å². The molecular weight excluding hydrogens is 329 g/mol. The third-order valence-corrected chi connectivity index (χ3v) is 4.05. The van der Waals surface area contributed by atoms with E-state index in [2.05, 4.69) is 9.05 Å². The summed E-state index contributed by atoms with van der Waals surface area (Å²) in [4.78, 5) is 19.8. The highest BCUT2D eigenvalue weighted by atomic mass is 31.2. The summed E-state index contributed by atoms with van der Waals surface area (Å²) >= 11 is 0. The highest BCUT2D eigenvalue weighted by Gasteiger charge is 2.51. The van der Waals surface area contributed by atoms with Crippen LogP contribution in [0.4, 0.5) is 0 Å². The highest BCUT2D eigenvalue weighted by molar-refractivity contribution is 7.47. The molecule has 0 aromatic rings. The van der Waals surface area contributed by atoms with Crippen molar-refractivity contribution in [2.45, 2.75) is 42.7 Å². The summed E-state index contributed by atoms with van der Waals surface area (Å²) in [6.45, 7) is -0.907. The Hall–Kier alpha value is -0.660. The van der Waals surface area contributed by atoms with E-state index >= 15 is 0 Å². The van der Waals surface area contributed by atoms with Crippen LogP contribution in [0, 0.1) is 0 Å². The number of phosphoric acid groups is 1. The number of phosphoric ester groups is 1. The lowest BCUT2D eigenvalue weighted by atomic mass is 9.85. The van der Waals surface area contributed by atoms with Gasteiger partial charge in [0.25, 0.3) is 0 Å². The summed E-state index contributed by atoms with van der Waals surface area (Å²) in [5.41, 5.74) is 5.05. The first-order chi connectivity index (χ1) is 9.98. The van der Waals surface area contributed by atoms with E-state index in [1.54, 1.807) is 0 Å². The summed E-state index contributed by atoms with van der Waals surface area (Å²) in [6, 6.07) is -1.62. The molecule has 12 nitrogen and oxygen atoms in total. The number of carboxylic acid groups (broad SMARTS) is 1. The van der Waals surface area contributed by atoms with Crippen LogP contribution in [0.15, 0.2) is 0 Å². The van der Waals surface area contributed by atoms with Gasteiger partial charge in [0.1, 0.15) is 42.7 Å². The molecule has 0 amide bonds. The van der Waals surface area contributed by atoms with Crippen LogP contribution in [-0.4, -0.2) is 90.8 Å². The molecule has 0 heterocycles. The van der Waals surface area contributed by atoms with Crippen LogP contribution in [0.2, 0.25) is 0 Å². The molecule has 130 valence electrons. The van der Waals surface area contributed by atoms with Crippen LogP contribution < -0.4 is 5.73 Å². The molecule has 9 N–H and O–H groups in total. The molecule has 1 aliphatic rings. The maximum atomic E-state index is 11.6. The fourth-order valence-electron chi connectivity index (χ4n) is 1.75. The first-order valence-corrected chi connectivity index (χ1v) is 7.52. The van der Waals surface area contributed by atoms with Crippen molar-refractivity contribution < 1.29 is 53.9 Å². The summed E-state index contributed by atoms with van der Waals surface area (Å²) in [5.74, 6) is -1.51. The van der Waals surface area contributed by atoms with Gasteiger partial charge in [0.05, 0.1) is 6.61 Å². The molecule has 1 aliphatic carbocycles. The van der Waals surface area contributed by atoms with E-state index in [0.29, 0.717) is 0 Å². The van der Waals surface area contributed by atoms with Gasteiger partial charge in [0, 0.05) is 0 Å². The Morgan fingerprint density at radius 2 is 1.45 bits per heavy atom. The van der Waals surface area contributed by atoms with Gasteiger partial charge in [0.15, 0.2) is 0 Å². The molecule has 0 aromatic heterocycles. The molecule has 1 rings (SSSR count). The first-order valence-electron chi connectivity index (χ1n) is 6.02. The summed E-state index contributed by atoms with van der Waals surface area (Å²) in [5, 5.41) is 55.9. The van der Waals surface area contributed by atoms with E-state index in [1.165, 1.54) is 0 Å². The number of aliphatic carboxylic acids is 1. The number of aliphatic hydroxyl groups is 5. The zero-order valence-corrected chi connectivity index (χ0v) is 11.9. The van der Waals surface area contributed by atoms with Crippen molar-refractivity contribution in [1.29, 1.82) is 0 Å². The lowest BCUT2D eigenvalue weighted by Gasteiger charge is -2.41. The molecular formula is C9H18NO11P. The average Bonchev–Trinajstić information content (AvgIpc) is 2.45. The molecule has 0 radical (unpaired) electrons. The number of rotatable bonds is 6. The molecule has 13 heteroatoms. The molecule has 1 saturated carbocycles. The number of aliphatic hydroxyl groups excluding tert-OH is 5. The molecule has 0 aliphatic heterocycles. The second-order valence-corrected chi connectivity index (χ2v) is 6.14. The number of hydrogen-bond donors (Lipinski definition) is 8. The van der Waals surface area contributed by atoms with Crippen molar-refractivity contribution in [3.8, 4) is 0 Å². The Bertz CT molecular complexity index is 431. The SMILES string of the molecule is N[C@@H](COP(=O)(O)OC1[C@H](O)[C@H](O)C(O)[C@H](O)[C@H]1O)C(=O)O. The van der Waals surface area contributed by atoms with Crippen molar-refractivity contribution in [1.82, 2.24) is 0 Å². The van der Waals surface area contributed by atoms with Gasteiger partial charge < -0.3 is 41.3 Å². The predicted molar refractivity (Wildman–Crippen MR) is 66.3 cm³/mol. The standard InChI is InChI=1S/C9H18NO11P/c10-2(9(16)17)1-20-22(18,19)21-8-6(14)4(12)3(11)5(13)7(8)15/h2-8,11-15H,1,10H2,(H,16,17)(H,18,19)/t2-,3?,4-,5+,6+,7+,8?/m0/s1. The van der Waals surface area contributed by atoms with E-state index in [4.69, 9.17) is 10.8 Å². The third-order valence-electron chi connectivity index (χ3n) is 3.06. The van der Waals surface area contributed by atoms with Crippen molar-refractivity contribution >= 4 is 13.8 Å². The number of nitrogens with two attached hydrogens (primary N) is 1. The van der Waals surface area contributed by atoms with Gasteiger partial charge in [-0.25, -0.2) is 4.57 Å². The smallest absolute Gasteiger partial charge is 0.472 e. The van der Waals surface area contributed by atoms with Crippen molar-refractivity contribution in [3.05, 3.63) is 0 Å². The molecule has 22 heavy (non-hydrogen) atoms. The van der Waals surface area contributed by atoms with Crippen molar-refractivity contribution in [2.75, 3.05) is 6.61 Å². The molecule has 1 fully saturated rings. The van der Waals surface area contributed by atoms with Gasteiger partial charge in [-0.2, -0.15) is 0 Å². The van der Waals surface area contributed by atoms with Crippen LogP contribution in [0.3, 0.4) is 0 Å². The molecule has 0 bridgehead atoms. The lowest BCUT2D eigenvalue weighted by molar-refractivity contribution is -0.220. The fraction of sp³-hybridized carbons (Fsp3) is 0.889. The lowest BCUT2D eigenvalue weighted by Crippen LogP contribution is -2.64. The average molecular weight is 347 g/mol. The zero-order chi connectivity index (χ0) is 17.2. The van der Waals surface area contributed by atoms with Gasteiger partial charge in [-0.05, 0) is 0 Å². The Labute approximate surface area is 123 Å². The Morgan fingerprint density at radius 3 is 1.86 bits per heavy atom. The fourth-order valence-corrected chi connectivity index (χ4v) is 2.72. The number of hydrogen-bond acceptors (Lipinski definition) is 10. The van der Waals surface area contributed by atoms with Gasteiger partial charge >= 0.3 is 13.8 Å². The summed E-state index contributed by atoms with van der Waals surface area (Å²) < 4.78 is 20.3. The van der Waals surface area contributed by atoms with Crippen LogP contribution in [0.5, 0.6) is 0 Å². The summed E-state index contributed by atoms with van der Waals surface area (Å²) in [6.07, 6.45) is -11.8. The Balaban J connectivity index is 2.74. The quantitative estimate of drug-likeness (QED) is 0.214. The monoisotopic (exact) mass is 347 g/mol. The molecule has 0 saturated heterocycles. The second-order valence-electron chi connectivity index (χ2n) is 4.73. The molecule has 3 unspecified atom stereocenters. The van der Waals surface area contributed by atoms with Crippen LogP contribution in [0.1, 0.15) is 0 Å². The maximum Gasteiger partial charge on any atom is 0.472 e. The van der Waals surface area contributed by atoms with E-state index in [9.17, 15) is 39.8 Å². The second kappa shape index (κ2) is 7.27. The van der Waals surface area contributed by atoms with Gasteiger partial charge in [-0.15, -0.1) is 0 Å². The Morgan fingerprint density at radius 1 is 1.05 bits per heavy atom. The minimum absolute atomic E-state index is 0.907. The normalized spacial score (nSPS) is 40.0. The number of carboxylic acids is 1. The van der Waals surface area contributed by atoms with E-state index in [-0.39, 0.29) is 0 Å². The van der Waals surface area contributed by atoms with E-state index in [1.807, 2.05) is 0 Å². The zero-order valence-electron chi connectivity index (χ0n) is 11.0. The third kappa shape index (κ3) is 4.43. The van der Waals surface area contributed by atoms with E-state index in [0.717, 1.165) is 0 Å². The van der Waals surface area contributed by atoms with Crippen LogP contribution in [-0.2, 0) is 18.4 Å². The van der Waals surface area contributed by atoms with Crippen molar-refractivity contribution in [3.63, 3.8) is 0 Å². The summed E-state index contributed by atoms with van der Waals surface area (Å²) in [7, 11) is -4.97. The van der Waals surface area contributed by atoms with Crippen molar-refractivity contribution in [2.24, 2.45) is 5.73 Å². The van der Waals surface area contributed by atoms with E-state index < -0.39 is 63.1 Å². The largest absolute Gasteiger partial charge is 0.480 e. The maximum absolute atomic E-state index is 11.6. The topological polar surface area (TPSA) is 220 Å². The highest BCUT2D eigenvalue weighted by Crippen LogP contribution is 2.46. The number of carbonyl (C=O) groups is 1. The van der Waals surface area contributed by atoms with Gasteiger partial charge in [-0.1, -0.05) is 0 Å². The molecule has 0 aromatic carbocycles. The predicted octanol–water partition coefficient (Wildman–Crippen LogP) is -4.28.